The number of thiazole rings is 1. The van der Waals surface area contributed by atoms with E-state index < -0.39 is 0 Å². The van der Waals surface area contributed by atoms with Crippen LogP contribution in [0.2, 0.25) is 0 Å². The molecule has 94 valence electrons. The zero-order valence-electron chi connectivity index (χ0n) is 10.3. The molecule has 3 aromatic heterocycles. The number of imidazole rings is 1. The van der Waals surface area contributed by atoms with Crippen LogP contribution in [0.5, 0.6) is 0 Å². The highest BCUT2D eigenvalue weighted by Gasteiger charge is 2.11. The van der Waals surface area contributed by atoms with Crippen molar-refractivity contribution in [3.05, 3.63) is 40.5 Å². The van der Waals surface area contributed by atoms with Gasteiger partial charge in [0.2, 0.25) is 0 Å². The molecule has 3 aromatic rings. The van der Waals surface area contributed by atoms with Crippen molar-refractivity contribution >= 4 is 16.3 Å². The van der Waals surface area contributed by atoms with Gasteiger partial charge < -0.3 is 9.84 Å². The molecule has 0 radical (unpaired) electrons. The summed E-state index contributed by atoms with van der Waals surface area (Å²) < 4.78 is 7.25. The Morgan fingerprint density at radius 3 is 3.06 bits per heavy atom. The Labute approximate surface area is 108 Å². The minimum atomic E-state index is 0.676. The van der Waals surface area contributed by atoms with Crippen LogP contribution in [0, 0.1) is 13.8 Å². The summed E-state index contributed by atoms with van der Waals surface area (Å²) in [7, 11) is 0. The summed E-state index contributed by atoms with van der Waals surface area (Å²) in [6, 6.07) is 1.86. The monoisotopic (exact) mass is 262 g/mol. The zero-order valence-corrected chi connectivity index (χ0v) is 11.1. The molecule has 0 fully saturated rings. The Bertz CT molecular complexity index is 653. The second-order valence-electron chi connectivity index (χ2n) is 4.22. The molecule has 0 aromatic carbocycles. The van der Waals surface area contributed by atoms with Gasteiger partial charge in [0.15, 0.2) is 4.96 Å². The van der Waals surface area contributed by atoms with Crippen LogP contribution in [0.25, 0.3) is 4.96 Å². The lowest BCUT2D eigenvalue weighted by molar-refractivity contribution is 0.372. The van der Waals surface area contributed by atoms with Crippen molar-refractivity contribution in [1.82, 2.24) is 19.9 Å². The Balaban J connectivity index is 1.77. The number of rotatable bonds is 4. The second-order valence-corrected chi connectivity index (χ2v) is 5.06. The fourth-order valence-corrected chi connectivity index (χ4v) is 2.94. The molecule has 5 nitrogen and oxygen atoms in total. The number of hydrogen-bond acceptors (Lipinski definition) is 5. The smallest absolute Gasteiger partial charge is 0.194 e. The van der Waals surface area contributed by atoms with Gasteiger partial charge in [0.05, 0.1) is 24.1 Å². The molecule has 0 bridgehead atoms. The zero-order chi connectivity index (χ0) is 12.5. The highest BCUT2D eigenvalue weighted by molar-refractivity contribution is 7.15. The van der Waals surface area contributed by atoms with E-state index in [1.54, 1.807) is 17.5 Å². The van der Waals surface area contributed by atoms with E-state index in [-0.39, 0.29) is 0 Å². The number of aryl methyl sites for hydroxylation is 2. The van der Waals surface area contributed by atoms with Crippen molar-refractivity contribution in [3.8, 4) is 0 Å². The molecule has 0 aliphatic carbocycles. The third-order valence-corrected chi connectivity index (χ3v) is 3.86. The average Bonchev–Trinajstić information content (AvgIpc) is 3.02. The van der Waals surface area contributed by atoms with Gasteiger partial charge in [-0.2, -0.15) is 0 Å². The largest absolute Gasteiger partial charge is 0.360 e. The predicted octanol–water partition coefficient (Wildman–Crippen LogP) is 2.29. The second kappa shape index (κ2) is 4.55. The van der Waals surface area contributed by atoms with Gasteiger partial charge in [-0.25, -0.2) is 4.98 Å². The standard InChI is InChI=1S/C12H14N4OS/c1-8-7-18-12-15-9(2)11(16(8)12)6-13-5-10-3-4-14-17-10/h3-4,7,13H,5-6H2,1-2H3. The first kappa shape index (κ1) is 11.4. The lowest BCUT2D eigenvalue weighted by atomic mass is 10.3. The molecule has 0 spiro atoms. The van der Waals surface area contributed by atoms with Crippen LogP contribution >= 0.6 is 11.3 Å². The van der Waals surface area contributed by atoms with Gasteiger partial charge in [-0.05, 0) is 13.8 Å². The van der Waals surface area contributed by atoms with Crippen molar-refractivity contribution in [1.29, 1.82) is 0 Å². The molecular weight excluding hydrogens is 248 g/mol. The van der Waals surface area contributed by atoms with Crippen molar-refractivity contribution in [2.75, 3.05) is 0 Å². The van der Waals surface area contributed by atoms with Crippen LogP contribution in [0.3, 0.4) is 0 Å². The quantitative estimate of drug-likeness (QED) is 0.783. The maximum absolute atomic E-state index is 5.05. The van der Waals surface area contributed by atoms with Crippen LogP contribution in [0.15, 0.2) is 22.2 Å². The summed E-state index contributed by atoms with van der Waals surface area (Å²) in [5, 5.41) is 9.16. The first-order valence-electron chi connectivity index (χ1n) is 5.78. The van der Waals surface area contributed by atoms with Crippen LogP contribution in [0.1, 0.15) is 22.8 Å². The van der Waals surface area contributed by atoms with E-state index in [1.807, 2.05) is 13.0 Å². The molecule has 0 saturated heterocycles. The average molecular weight is 262 g/mol. The van der Waals surface area contributed by atoms with Gasteiger partial charge in [0, 0.05) is 23.7 Å². The number of hydrogen-bond donors (Lipinski definition) is 1. The van der Waals surface area contributed by atoms with Crippen molar-refractivity contribution in [3.63, 3.8) is 0 Å². The molecule has 18 heavy (non-hydrogen) atoms. The van der Waals surface area contributed by atoms with Crippen LogP contribution < -0.4 is 5.32 Å². The fourth-order valence-electron chi connectivity index (χ4n) is 2.01. The van der Waals surface area contributed by atoms with Gasteiger partial charge in [-0.15, -0.1) is 11.3 Å². The fraction of sp³-hybridized carbons (Fsp3) is 0.333. The maximum atomic E-state index is 5.05. The third kappa shape index (κ3) is 1.93. The topological polar surface area (TPSA) is 55.4 Å². The SMILES string of the molecule is Cc1nc2scc(C)n2c1CNCc1ccno1. The summed E-state index contributed by atoms with van der Waals surface area (Å²) in [5.41, 5.74) is 3.52. The number of nitrogens with one attached hydrogen (secondary N) is 1. The first-order valence-corrected chi connectivity index (χ1v) is 6.66. The Morgan fingerprint density at radius 2 is 2.28 bits per heavy atom. The normalized spacial score (nSPS) is 11.4. The molecule has 0 aliphatic heterocycles. The molecule has 1 N–H and O–H groups in total. The molecule has 6 heteroatoms. The summed E-state index contributed by atoms with van der Waals surface area (Å²) in [6.45, 7) is 5.59. The Kier molecular flexibility index (Phi) is 2.89. The van der Waals surface area contributed by atoms with Crippen molar-refractivity contribution < 1.29 is 4.52 Å². The van der Waals surface area contributed by atoms with E-state index in [9.17, 15) is 0 Å². The summed E-state index contributed by atoms with van der Waals surface area (Å²) in [4.78, 5) is 5.61. The lowest BCUT2D eigenvalue weighted by Crippen LogP contribution is -2.14. The van der Waals surface area contributed by atoms with Crippen LogP contribution in [-0.4, -0.2) is 14.5 Å². The van der Waals surface area contributed by atoms with Crippen molar-refractivity contribution in [2.24, 2.45) is 0 Å². The molecule has 0 aliphatic rings. The number of nitrogens with zero attached hydrogens (tertiary/aromatic N) is 3. The molecule has 0 atom stereocenters. The van der Waals surface area contributed by atoms with E-state index in [4.69, 9.17) is 4.52 Å². The Morgan fingerprint density at radius 1 is 1.39 bits per heavy atom. The summed E-state index contributed by atoms with van der Waals surface area (Å²) in [6.07, 6.45) is 1.66. The molecule has 0 saturated carbocycles. The number of fused-ring (bicyclic) bond motifs is 1. The molecule has 0 unspecified atom stereocenters. The van der Waals surface area contributed by atoms with E-state index in [0.29, 0.717) is 6.54 Å². The van der Waals surface area contributed by atoms with Gasteiger partial charge >= 0.3 is 0 Å². The van der Waals surface area contributed by atoms with Crippen molar-refractivity contribution in [2.45, 2.75) is 26.9 Å². The van der Waals surface area contributed by atoms with Gasteiger partial charge in [-0.1, -0.05) is 5.16 Å². The van der Waals surface area contributed by atoms with Gasteiger partial charge in [-0.3, -0.25) is 4.40 Å². The minimum absolute atomic E-state index is 0.676. The first-order chi connectivity index (χ1) is 8.75. The van der Waals surface area contributed by atoms with E-state index in [0.717, 1.165) is 23.0 Å². The highest BCUT2D eigenvalue weighted by atomic mass is 32.1. The summed E-state index contributed by atoms with van der Waals surface area (Å²) in [5.74, 6) is 0.843. The molecule has 0 amide bonds. The molecule has 3 rings (SSSR count). The van der Waals surface area contributed by atoms with Crippen LogP contribution in [-0.2, 0) is 13.1 Å². The van der Waals surface area contributed by atoms with E-state index >= 15 is 0 Å². The minimum Gasteiger partial charge on any atom is -0.360 e. The van der Waals surface area contributed by atoms with E-state index in [1.165, 1.54) is 11.4 Å². The third-order valence-electron chi connectivity index (χ3n) is 2.91. The highest BCUT2D eigenvalue weighted by Crippen LogP contribution is 2.20. The van der Waals surface area contributed by atoms with Crippen LogP contribution in [0.4, 0.5) is 0 Å². The van der Waals surface area contributed by atoms with Gasteiger partial charge in [0.25, 0.3) is 0 Å². The maximum Gasteiger partial charge on any atom is 0.194 e. The van der Waals surface area contributed by atoms with Gasteiger partial charge in [0.1, 0.15) is 5.76 Å². The molecule has 3 heterocycles. The lowest BCUT2D eigenvalue weighted by Gasteiger charge is -2.04. The predicted molar refractivity (Wildman–Crippen MR) is 69.6 cm³/mol. The molecular formula is C12H14N4OS. The van der Waals surface area contributed by atoms with E-state index in [2.05, 4.69) is 32.2 Å². The number of aromatic nitrogens is 3. The Hall–Kier alpha value is -1.66. The summed E-state index contributed by atoms with van der Waals surface area (Å²) >= 11 is 1.68.